The lowest BCUT2D eigenvalue weighted by Gasteiger charge is -2.38. The van der Waals surface area contributed by atoms with E-state index >= 15 is 0 Å². The van der Waals surface area contributed by atoms with Crippen LogP contribution in [0.2, 0.25) is 0 Å². The summed E-state index contributed by atoms with van der Waals surface area (Å²) in [7, 11) is 1.76. The van der Waals surface area contributed by atoms with Gasteiger partial charge in [-0.15, -0.1) is 0 Å². The number of ether oxygens (including phenoxy) is 1. The van der Waals surface area contributed by atoms with E-state index in [0.717, 1.165) is 45.4 Å². The van der Waals surface area contributed by atoms with Gasteiger partial charge in [0.2, 0.25) is 5.91 Å². The number of methoxy groups -OCH3 is 1. The van der Waals surface area contributed by atoms with Gasteiger partial charge in [-0.05, 0) is 44.7 Å². The molecule has 0 aliphatic carbocycles. The van der Waals surface area contributed by atoms with Crippen LogP contribution in [0.1, 0.15) is 46.5 Å². The highest BCUT2D eigenvalue weighted by Crippen LogP contribution is 2.30. The molecule has 0 saturated carbocycles. The third-order valence-electron chi connectivity index (χ3n) is 4.05. The SMILES string of the molecule is CCC[C@@H](C)NC(=O)CN1CCC(C)(COC)CC1. The number of hydrogen-bond donors (Lipinski definition) is 1. The highest BCUT2D eigenvalue weighted by Gasteiger charge is 2.30. The van der Waals surface area contributed by atoms with E-state index in [4.69, 9.17) is 4.74 Å². The number of carbonyl (C=O) groups excluding carboxylic acids is 1. The summed E-state index contributed by atoms with van der Waals surface area (Å²) in [6.45, 7) is 9.84. The molecule has 1 saturated heterocycles. The van der Waals surface area contributed by atoms with Crippen LogP contribution < -0.4 is 5.32 Å². The van der Waals surface area contributed by atoms with Gasteiger partial charge in [0.1, 0.15) is 0 Å². The largest absolute Gasteiger partial charge is 0.384 e. The highest BCUT2D eigenvalue weighted by atomic mass is 16.5. The first kappa shape index (κ1) is 16.4. The van der Waals surface area contributed by atoms with Crippen LogP contribution in [0.15, 0.2) is 0 Å². The molecule has 1 fully saturated rings. The highest BCUT2D eigenvalue weighted by molar-refractivity contribution is 5.78. The lowest BCUT2D eigenvalue weighted by Crippen LogP contribution is -2.46. The first-order valence-corrected chi connectivity index (χ1v) is 7.50. The first-order chi connectivity index (χ1) is 8.99. The van der Waals surface area contributed by atoms with E-state index in [1.54, 1.807) is 7.11 Å². The Morgan fingerprint density at radius 2 is 2.05 bits per heavy atom. The minimum Gasteiger partial charge on any atom is -0.384 e. The van der Waals surface area contributed by atoms with Gasteiger partial charge >= 0.3 is 0 Å². The fraction of sp³-hybridized carbons (Fsp3) is 0.933. The van der Waals surface area contributed by atoms with E-state index in [1.807, 2.05) is 0 Å². The van der Waals surface area contributed by atoms with Gasteiger partial charge in [-0.2, -0.15) is 0 Å². The van der Waals surface area contributed by atoms with Crippen LogP contribution >= 0.6 is 0 Å². The lowest BCUT2D eigenvalue weighted by atomic mass is 9.81. The van der Waals surface area contributed by atoms with Crippen molar-refractivity contribution in [1.29, 1.82) is 0 Å². The zero-order chi connectivity index (χ0) is 14.3. The van der Waals surface area contributed by atoms with Gasteiger partial charge in [-0.3, -0.25) is 9.69 Å². The number of likely N-dealkylation sites (tertiary alicyclic amines) is 1. The Hall–Kier alpha value is -0.610. The zero-order valence-electron chi connectivity index (χ0n) is 13.0. The van der Waals surface area contributed by atoms with Crippen LogP contribution in [0.25, 0.3) is 0 Å². The number of piperidine rings is 1. The van der Waals surface area contributed by atoms with Crippen molar-refractivity contribution in [2.24, 2.45) is 5.41 Å². The summed E-state index contributed by atoms with van der Waals surface area (Å²) in [5.41, 5.74) is 0.289. The fourth-order valence-corrected chi connectivity index (χ4v) is 2.77. The number of amides is 1. The smallest absolute Gasteiger partial charge is 0.234 e. The van der Waals surface area contributed by atoms with Gasteiger partial charge in [0.25, 0.3) is 0 Å². The maximum Gasteiger partial charge on any atom is 0.234 e. The van der Waals surface area contributed by atoms with Crippen LogP contribution in [0.4, 0.5) is 0 Å². The third-order valence-corrected chi connectivity index (χ3v) is 4.05. The van der Waals surface area contributed by atoms with Gasteiger partial charge in [0.05, 0.1) is 13.2 Å². The molecule has 0 radical (unpaired) electrons. The van der Waals surface area contributed by atoms with Gasteiger partial charge in [-0.25, -0.2) is 0 Å². The van der Waals surface area contributed by atoms with Crippen LogP contribution in [-0.4, -0.2) is 50.2 Å². The van der Waals surface area contributed by atoms with Crippen molar-refractivity contribution in [2.75, 3.05) is 33.4 Å². The summed E-state index contributed by atoms with van der Waals surface area (Å²) in [4.78, 5) is 14.2. The monoisotopic (exact) mass is 270 g/mol. The maximum absolute atomic E-state index is 11.9. The number of carbonyl (C=O) groups is 1. The first-order valence-electron chi connectivity index (χ1n) is 7.50. The molecule has 0 aromatic carbocycles. The van der Waals surface area contributed by atoms with E-state index in [1.165, 1.54) is 0 Å². The molecule has 1 N–H and O–H groups in total. The summed E-state index contributed by atoms with van der Waals surface area (Å²) in [6, 6.07) is 0.293. The molecule has 1 rings (SSSR count). The van der Waals surface area contributed by atoms with Crippen molar-refractivity contribution in [3.8, 4) is 0 Å². The van der Waals surface area contributed by atoms with E-state index in [2.05, 4.69) is 31.0 Å². The van der Waals surface area contributed by atoms with E-state index in [0.29, 0.717) is 12.6 Å². The maximum atomic E-state index is 11.9. The van der Waals surface area contributed by atoms with Crippen molar-refractivity contribution < 1.29 is 9.53 Å². The van der Waals surface area contributed by atoms with Gasteiger partial charge in [-0.1, -0.05) is 20.3 Å². The minimum absolute atomic E-state index is 0.163. The minimum atomic E-state index is 0.163. The molecule has 4 heteroatoms. The molecule has 112 valence electrons. The molecular weight excluding hydrogens is 240 g/mol. The molecule has 4 nitrogen and oxygen atoms in total. The molecule has 1 aliphatic heterocycles. The Morgan fingerprint density at radius 3 is 2.58 bits per heavy atom. The van der Waals surface area contributed by atoms with Crippen LogP contribution in [0, 0.1) is 5.41 Å². The summed E-state index contributed by atoms with van der Waals surface area (Å²) >= 11 is 0. The number of rotatable bonds is 7. The number of nitrogens with one attached hydrogen (secondary N) is 1. The number of hydrogen-bond acceptors (Lipinski definition) is 3. The van der Waals surface area contributed by atoms with Gasteiger partial charge in [0, 0.05) is 13.2 Å². The second-order valence-corrected chi connectivity index (χ2v) is 6.28. The average Bonchev–Trinajstić information content (AvgIpc) is 2.33. The van der Waals surface area contributed by atoms with Crippen molar-refractivity contribution >= 4 is 5.91 Å². The van der Waals surface area contributed by atoms with Crippen molar-refractivity contribution in [3.63, 3.8) is 0 Å². The topological polar surface area (TPSA) is 41.6 Å². The second kappa shape index (κ2) is 7.85. The molecule has 1 heterocycles. The molecule has 0 bridgehead atoms. The molecular formula is C15H30N2O2. The molecule has 1 aliphatic rings. The summed E-state index contributed by atoms with van der Waals surface area (Å²) in [5.74, 6) is 0.163. The van der Waals surface area contributed by atoms with Crippen molar-refractivity contribution in [1.82, 2.24) is 10.2 Å². The summed E-state index contributed by atoms with van der Waals surface area (Å²) < 4.78 is 5.28. The standard InChI is InChI=1S/C15H30N2O2/c1-5-6-13(2)16-14(18)11-17-9-7-15(3,8-10-17)12-19-4/h13H,5-12H2,1-4H3,(H,16,18)/t13-/m1/s1. The normalized spacial score (nSPS) is 21.1. The van der Waals surface area contributed by atoms with Crippen LogP contribution in [0.3, 0.4) is 0 Å². The molecule has 1 amide bonds. The Labute approximate surface area is 117 Å². The third kappa shape index (κ3) is 5.91. The number of nitrogens with zero attached hydrogens (tertiary/aromatic N) is 1. The second-order valence-electron chi connectivity index (χ2n) is 6.28. The van der Waals surface area contributed by atoms with Crippen LogP contribution in [0.5, 0.6) is 0 Å². The zero-order valence-corrected chi connectivity index (χ0v) is 13.0. The van der Waals surface area contributed by atoms with E-state index in [9.17, 15) is 4.79 Å². The molecule has 0 aromatic heterocycles. The van der Waals surface area contributed by atoms with E-state index < -0.39 is 0 Å². The Morgan fingerprint density at radius 1 is 1.42 bits per heavy atom. The predicted octanol–water partition coefficient (Wildman–Crippen LogP) is 2.04. The van der Waals surface area contributed by atoms with Crippen molar-refractivity contribution in [3.05, 3.63) is 0 Å². The van der Waals surface area contributed by atoms with E-state index in [-0.39, 0.29) is 11.3 Å². The molecule has 19 heavy (non-hydrogen) atoms. The van der Waals surface area contributed by atoms with Crippen molar-refractivity contribution in [2.45, 2.75) is 52.5 Å². The Kier molecular flexibility index (Phi) is 6.80. The van der Waals surface area contributed by atoms with Gasteiger partial charge < -0.3 is 10.1 Å². The molecule has 0 spiro atoms. The van der Waals surface area contributed by atoms with Gasteiger partial charge in [0.15, 0.2) is 0 Å². The molecule has 1 atom stereocenters. The molecule has 0 aromatic rings. The quantitative estimate of drug-likeness (QED) is 0.770. The lowest BCUT2D eigenvalue weighted by molar-refractivity contribution is -0.123. The predicted molar refractivity (Wildman–Crippen MR) is 78.2 cm³/mol. The average molecular weight is 270 g/mol. The molecule has 0 unspecified atom stereocenters. The van der Waals surface area contributed by atoms with Crippen LogP contribution in [-0.2, 0) is 9.53 Å². The summed E-state index contributed by atoms with van der Waals surface area (Å²) in [5, 5.41) is 3.07. The Bertz CT molecular complexity index is 273. The Balaban J connectivity index is 2.27. The fourth-order valence-electron chi connectivity index (χ4n) is 2.77. The summed E-state index contributed by atoms with van der Waals surface area (Å²) in [6.07, 6.45) is 4.38.